The van der Waals surface area contributed by atoms with Crippen LogP contribution in [0.1, 0.15) is 18.1 Å². The molecule has 3 rings (SSSR count). The molecule has 0 fully saturated rings. The number of aryl methyl sites for hydroxylation is 2. The van der Waals surface area contributed by atoms with Gasteiger partial charge in [0.15, 0.2) is 12.4 Å². The Morgan fingerprint density at radius 2 is 2.22 bits per heavy atom. The molecule has 1 aromatic carbocycles. The normalized spacial score (nSPS) is 10.6. The first-order chi connectivity index (χ1) is 13.0. The van der Waals surface area contributed by atoms with E-state index < -0.39 is 18.5 Å². The van der Waals surface area contributed by atoms with Crippen molar-refractivity contribution in [1.29, 1.82) is 0 Å². The predicted octanol–water partition coefficient (Wildman–Crippen LogP) is 1.73. The van der Waals surface area contributed by atoms with Crippen molar-refractivity contribution in [3.63, 3.8) is 0 Å². The van der Waals surface area contributed by atoms with Gasteiger partial charge in [0.25, 0.3) is 5.91 Å². The highest BCUT2D eigenvalue weighted by Crippen LogP contribution is 2.23. The molecule has 0 saturated carbocycles. The molecule has 2 aromatic heterocycles. The lowest BCUT2D eigenvalue weighted by atomic mass is 10.2. The van der Waals surface area contributed by atoms with Gasteiger partial charge in [-0.2, -0.15) is 10.1 Å². The van der Waals surface area contributed by atoms with Crippen LogP contribution in [-0.4, -0.2) is 43.4 Å². The van der Waals surface area contributed by atoms with E-state index in [0.29, 0.717) is 28.1 Å². The summed E-state index contributed by atoms with van der Waals surface area (Å²) in [6.07, 6.45) is 3.12. The standard InChI is InChI=1S/C16H15ClN6O4/c1-10-20-15(27-22-10)4-5-16(25)26-7-14(24)21-12-6-11(17)2-3-13(12)23-9-18-8-19-23/h2-3,6,8-9H,4-5,7H2,1H3,(H,21,24). The Labute approximate surface area is 158 Å². The minimum atomic E-state index is -0.552. The Kier molecular flexibility index (Phi) is 5.77. The number of hydrogen-bond donors (Lipinski definition) is 1. The number of nitrogens with zero attached hydrogens (tertiary/aromatic N) is 5. The van der Waals surface area contributed by atoms with Crippen LogP contribution in [0.15, 0.2) is 35.4 Å². The average molecular weight is 391 g/mol. The number of hydrogen-bond acceptors (Lipinski definition) is 8. The van der Waals surface area contributed by atoms with Gasteiger partial charge in [-0.05, 0) is 25.1 Å². The second-order valence-electron chi connectivity index (χ2n) is 5.45. The van der Waals surface area contributed by atoms with Gasteiger partial charge < -0.3 is 14.6 Å². The van der Waals surface area contributed by atoms with Crippen molar-refractivity contribution in [2.24, 2.45) is 0 Å². The number of anilines is 1. The van der Waals surface area contributed by atoms with E-state index in [1.165, 1.54) is 17.3 Å². The summed E-state index contributed by atoms with van der Waals surface area (Å²) >= 11 is 5.99. The molecule has 0 aliphatic carbocycles. The Morgan fingerprint density at radius 1 is 1.37 bits per heavy atom. The molecule has 3 aromatic rings. The third-order valence-electron chi connectivity index (χ3n) is 3.38. The number of halogens is 1. The third-order valence-corrected chi connectivity index (χ3v) is 3.61. The SMILES string of the molecule is Cc1noc(CCC(=O)OCC(=O)Nc2cc(Cl)ccc2-n2cncn2)n1. The summed E-state index contributed by atoms with van der Waals surface area (Å²) in [6, 6.07) is 4.91. The van der Waals surface area contributed by atoms with Crippen LogP contribution in [0.4, 0.5) is 5.69 Å². The zero-order chi connectivity index (χ0) is 19.2. The summed E-state index contributed by atoms with van der Waals surface area (Å²) in [5.74, 6) is -0.239. The van der Waals surface area contributed by atoms with Crippen LogP contribution < -0.4 is 5.32 Å². The largest absolute Gasteiger partial charge is 0.456 e. The second kappa shape index (κ2) is 8.41. The lowest BCUT2D eigenvalue weighted by Crippen LogP contribution is -2.22. The molecule has 1 amide bonds. The number of nitrogens with one attached hydrogen (secondary N) is 1. The quantitative estimate of drug-likeness (QED) is 0.604. The smallest absolute Gasteiger partial charge is 0.306 e. The minimum Gasteiger partial charge on any atom is -0.456 e. The van der Waals surface area contributed by atoms with Gasteiger partial charge in [-0.3, -0.25) is 9.59 Å². The summed E-state index contributed by atoms with van der Waals surface area (Å²) in [4.78, 5) is 31.7. The fourth-order valence-electron chi connectivity index (χ4n) is 2.20. The van der Waals surface area contributed by atoms with E-state index in [1.54, 1.807) is 25.1 Å². The number of benzene rings is 1. The highest BCUT2D eigenvalue weighted by molar-refractivity contribution is 6.31. The molecule has 0 aliphatic heterocycles. The number of esters is 1. The average Bonchev–Trinajstić information content (AvgIpc) is 3.30. The van der Waals surface area contributed by atoms with Crippen LogP contribution in [0.5, 0.6) is 0 Å². The van der Waals surface area contributed by atoms with Gasteiger partial charge >= 0.3 is 5.97 Å². The van der Waals surface area contributed by atoms with Crippen LogP contribution in [0.25, 0.3) is 5.69 Å². The van der Waals surface area contributed by atoms with E-state index in [0.717, 1.165) is 0 Å². The van der Waals surface area contributed by atoms with E-state index in [4.69, 9.17) is 20.9 Å². The first-order valence-electron chi connectivity index (χ1n) is 7.90. The maximum atomic E-state index is 12.1. The molecule has 1 N–H and O–H groups in total. The van der Waals surface area contributed by atoms with Gasteiger partial charge in [-0.1, -0.05) is 16.8 Å². The topological polar surface area (TPSA) is 125 Å². The number of rotatable bonds is 7. The Morgan fingerprint density at radius 3 is 2.93 bits per heavy atom. The van der Waals surface area contributed by atoms with Crippen LogP contribution in [-0.2, 0) is 20.7 Å². The van der Waals surface area contributed by atoms with Gasteiger partial charge in [0.1, 0.15) is 12.7 Å². The molecule has 0 bridgehead atoms. The van der Waals surface area contributed by atoms with Crippen LogP contribution in [0.3, 0.4) is 0 Å². The number of carbonyl (C=O) groups excluding carboxylic acids is 2. The van der Waals surface area contributed by atoms with E-state index >= 15 is 0 Å². The van der Waals surface area contributed by atoms with Crippen molar-refractivity contribution in [2.45, 2.75) is 19.8 Å². The van der Waals surface area contributed by atoms with Crippen LogP contribution in [0, 0.1) is 6.92 Å². The molecule has 2 heterocycles. The summed E-state index contributed by atoms with van der Waals surface area (Å²) in [7, 11) is 0. The molecule has 11 heteroatoms. The van der Waals surface area contributed by atoms with E-state index in [1.807, 2.05) is 0 Å². The summed E-state index contributed by atoms with van der Waals surface area (Å²) < 4.78 is 11.3. The van der Waals surface area contributed by atoms with Gasteiger partial charge in [-0.25, -0.2) is 9.67 Å². The highest BCUT2D eigenvalue weighted by Gasteiger charge is 2.13. The maximum Gasteiger partial charge on any atom is 0.306 e. The summed E-state index contributed by atoms with van der Waals surface area (Å²) in [5, 5.41) is 10.7. The predicted molar refractivity (Wildman–Crippen MR) is 93.3 cm³/mol. The molecule has 140 valence electrons. The van der Waals surface area contributed by atoms with Gasteiger partial charge in [0.2, 0.25) is 5.89 Å². The molecule has 0 unspecified atom stereocenters. The van der Waals surface area contributed by atoms with E-state index in [-0.39, 0.29) is 12.8 Å². The molecule has 0 atom stereocenters. The lowest BCUT2D eigenvalue weighted by Gasteiger charge is -2.11. The Bertz CT molecular complexity index is 940. The molecule has 10 nitrogen and oxygen atoms in total. The first kappa shape index (κ1) is 18.5. The van der Waals surface area contributed by atoms with Crippen LogP contribution in [0.2, 0.25) is 5.02 Å². The zero-order valence-corrected chi connectivity index (χ0v) is 15.0. The molecular weight excluding hydrogens is 376 g/mol. The van der Waals surface area contributed by atoms with Gasteiger partial charge in [0.05, 0.1) is 17.8 Å². The van der Waals surface area contributed by atoms with Crippen molar-refractivity contribution in [3.05, 3.63) is 47.6 Å². The minimum absolute atomic E-state index is 0.0241. The number of carbonyl (C=O) groups is 2. The highest BCUT2D eigenvalue weighted by atomic mass is 35.5. The van der Waals surface area contributed by atoms with Crippen LogP contribution >= 0.6 is 11.6 Å². The van der Waals surface area contributed by atoms with Gasteiger partial charge in [-0.15, -0.1) is 0 Å². The lowest BCUT2D eigenvalue weighted by molar-refractivity contribution is -0.147. The van der Waals surface area contributed by atoms with Crippen molar-refractivity contribution < 1.29 is 18.8 Å². The second-order valence-corrected chi connectivity index (χ2v) is 5.88. The molecule has 0 aliphatic rings. The van der Waals surface area contributed by atoms with Crippen molar-refractivity contribution >= 4 is 29.2 Å². The van der Waals surface area contributed by atoms with E-state index in [2.05, 4.69) is 25.5 Å². The van der Waals surface area contributed by atoms with E-state index in [9.17, 15) is 9.59 Å². The van der Waals surface area contributed by atoms with Crippen molar-refractivity contribution in [1.82, 2.24) is 24.9 Å². The van der Waals surface area contributed by atoms with Crippen molar-refractivity contribution in [2.75, 3.05) is 11.9 Å². The van der Waals surface area contributed by atoms with Gasteiger partial charge in [0, 0.05) is 11.4 Å². The zero-order valence-electron chi connectivity index (χ0n) is 14.3. The Balaban J connectivity index is 1.53. The first-order valence-corrected chi connectivity index (χ1v) is 8.28. The molecular formula is C16H15ClN6O4. The maximum absolute atomic E-state index is 12.1. The molecule has 0 saturated heterocycles. The number of ether oxygens (including phenoxy) is 1. The molecule has 0 radical (unpaired) electrons. The molecule has 27 heavy (non-hydrogen) atoms. The fourth-order valence-corrected chi connectivity index (χ4v) is 2.37. The number of aromatic nitrogens is 5. The molecule has 0 spiro atoms. The third kappa shape index (κ3) is 5.11. The summed E-state index contributed by atoms with van der Waals surface area (Å²) in [5.41, 5.74) is 0.985. The Hall–Kier alpha value is -3.27. The summed E-state index contributed by atoms with van der Waals surface area (Å²) in [6.45, 7) is 1.24. The van der Waals surface area contributed by atoms with Crippen molar-refractivity contribution in [3.8, 4) is 5.69 Å². The number of amides is 1. The monoisotopic (exact) mass is 390 g/mol. The fraction of sp³-hybridized carbons (Fsp3) is 0.250.